The Morgan fingerprint density at radius 2 is 1.84 bits per heavy atom. The highest BCUT2D eigenvalue weighted by Crippen LogP contribution is 2.19. The van der Waals surface area contributed by atoms with Gasteiger partial charge in [0.1, 0.15) is 18.1 Å². The molecule has 0 spiro atoms. The number of hydrogen-bond acceptors (Lipinski definition) is 5. The lowest BCUT2D eigenvalue weighted by molar-refractivity contribution is 0.102. The van der Waals surface area contributed by atoms with Gasteiger partial charge in [-0.1, -0.05) is 12.1 Å². The maximum absolute atomic E-state index is 12.5. The number of hydrogen-bond donors (Lipinski definition) is 1. The van der Waals surface area contributed by atoms with Gasteiger partial charge in [0.05, 0.1) is 17.4 Å². The van der Waals surface area contributed by atoms with E-state index in [0.717, 1.165) is 28.2 Å². The molecule has 6 heteroatoms. The zero-order valence-electron chi connectivity index (χ0n) is 14.4. The second-order valence-electron chi connectivity index (χ2n) is 5.94. The molecule has 0 aliphatic heterocycles. The summed E-state index contributed by atoms with van der Waals surface area (Å²) >= 11 is 1.17. The van der Waals surface area contributed by atoms with Crippen molar-refractivity contribution in [2.24, 2.45) is 0 Å². The first-order chi connectivity index (χ1) is 12.0. The number of ether oxygens (including phenoxy) is 1. The molecule has 1 N–H and O–H groups in total. The Hall–Kier alpha value is -2.73. The van der Waals surface area contributed by atoms with Gasteiger partial charge in [0, 0.05) is 11.3 Å². The molecule has 3 aromatic rings. The van der Waals surface area contributed by atoms with Crippen molar-refractivity contribution >= 4 is 23.3 Å². The van der Waals surface area contributed by atoms with Gasteiger partial charge >= 0.3 is 0 Å². The zero-order chi connectivity index (χ0) is 17.8. The standard InChI is InChI=1S/C19H19N3O2S/c1-12-7-13(2)9-16(8-12)20-19(23)15-5-4-6-17(10-15)24-11-18-14(3)21-25-22-18/h4-10H,11H2,1-3H3,(H,20,23). The van der Waals surface area contributed by atoms with Crippen molar-refractivity contribution in [1.82, 2.24) is 8.75 Å². The number of carbonyl (C=O) groups excluding carboxylic acids is 1. The summed E-state index contributed by atoms with van der Waals surface area (Å²) in [6, 6.07) is 13.1. The van der Waals surface area contributed by atoms with Crippen LogP contribution in [0.15, 0.2) is 42.5 Å². The smallest absolute Gasteiger partial charge is 0.255 e. The Labute approximate surface area is 151 Å². The number of amides is 1. The zero-order valence-corrected chi connectivity index (χ0v) is 15.2. The van der Waals surface area contributed by atoms with Gasteiger partial charge in [-0.2, -0.15) is 8.75 Å². The molecule has 0 unspecified atom stereocenters. The molecule has 0 atom stereocenters. The Morgan fingerprint density at radius 1 is 1.08 bits per heavy atom. The van der Waals surface area contributed by atoms with Crippen LogP contribution in [-0.4, -0.2) is 14.7 Å². The van der Waals surface area contributed by atoms with Gasteiger partial charge in [-0.05, 0) is 62.2 Å². The summed E-state index contributed by atoms with van der Waals surface area (Å²) in [6.45, 7) is 6.25. The topological polar surface area (TPSA) is 64.1 Å². The number of aromatic nitrogens is 2. The normalized spacial score (nSPS) is 10.5. The minimum Gasteiger partial charge on any atom is -0.487 e. The lowest BCUT2D eigenvalue weighted by Gasteiger charge is -2.09. The fraction of sp³-hybridized carbons (Fsp3) is 0.211. The van der Waals surface area contributed by atoms with Crippen LogP contribution in [0.1, 0.15) is 32.9 Å². The maximum atomic E-state index is 12.5. The molecule has 128 valence electrons. The largest absolute Gasteiger partial charge is 0.487 e. The van der Waals surface area contributed by atoms with Crippen molar-refractivity contribution in [3.63, 3.8) is 0 Å². The third kappa shape index (κ3) is 4.42. The first-order valence-corrected chi connectivity index (χ1v) is 8.65. The molecule has 0 saturated carbocycles. The van der Waals surface area contributed by atoms with E-state index in [1.807, 2.05) is 39.0 Å². The van der Waals surface area contributed by atoms with Gasteiger partial charge in [-0.15, -0.1) is 0 Å². The van der Waals surface area contributed by atoms with Gasteiger partial charge in [0.2, 0.25) is 0 Å². The van der Waals surface area contributed by atoms with Crippen molar-refractivity contribution in [2.45, 2.75) is 27.4 Å². The molecule has 25 heavy (non-hydrogen) atoms. The number of anilines is 1. The summed E-state index contributed by atoms with van der Waals surface area (Å²) in [6.07, 6.45) is 0. The molecule has 0 saturated heterocycles. The van der Waals surface area contributed by atoms with Crippen LogP contribution in [0.3, 0.4) is 0 Å². The average Bonchev–Trinajstić information content (AvgIpc) is 2.97. The average molecular weight is 353 g/mol. The van der Waals surface area contributed by atoms with Gasteiger partial charge in [-0.3, -0.25) is 4.79 Å². The van der Waals surface area contributed by atoms with Gasteiger partial charge < -0.3 is 10.1 Å². The molecule has 5 nitrogen and oxygen atoms in total. The first-order valence-electron chi connectivity index (χ1n) is 7.92. The van der Waals surface area contributed by atoms with Crippen LogP contribution in [0.4, 0.5) is 5.69 Å². The van der Waals surface area contributed by atoms with Crippen LogP contribution >= 0.6 is 11.7 Å². The van der Waals surface area contributed by atoms with Crippen LogP contribution in [0, 0.1) is 20.8 Å². The third-order valence-electron chi connectivity index (χ3n) is 3.70. The van der Waals surface area contributed by atoms with E-state index >= 15 is 0 Å². The molecule has 0 fully saturated rings. The number of benzene rings is 2. The van der Waals surface area contributed by atoms with E-state index in [0.29, 0.717) is 17.9 Å². The van der Waals surface area contributed by atoms with Crippen LogP contribution < -0.4 is 10.1 Å². The molecule has 2 aromatic carbocycles. The van der Waals surface area contributed by atoms with E-state index in [-0.39, 0.29) is 5.91 Å². The number of nitrogens with zero attached hydrogens (tertiary/aromatic N) is 2. The molecular formula is C19H19N3O2S. The van der Waals surface area contributed by atoms with Crippen molar-refractivity contribution in [1.29, 1.82) is 0 Å². The predicted molar refractivity (Wildman–Crippen MR) is 99.3 cm³/mol. The van der Waals surface area contributed by atoms with E-state index in [2.05, 4.69) is 20.1 Å². The molecule has 0 radical (unpaired) electrons. The monoisotopic (exact) mass is 353 g/mol. The fourth-order valence-corrected chi connectivity index (χ4v) is 3.06. The number of nitrogens with one attached hydrogen (secondary N) is 1. The Kier molecular flexibility index (Phi) is 5.09. The van der Waals surface area contributed by atoms with Crippen molar-refractivity contribution < 1.29 is 9.53 Å². The second-order valence-corrected chi connectivity index (χ2v) is 6.47. The maximum Gasteiger partial charge on any atom is 0.255 e. The van der Waals surface area contributed by atoms with Gasteiger partial charge in [0.25, 0.3) is 5.91 Å². The lowest BCUT2D eigenvalue weighted by Crippen LogP contribution is -2.12. The van der Waals surface area contributed by atoms with E-state index < -0.39 is 0 Å². The van der Waals surface area contributed by atoms with E-state index in [4.69, 9.17) is 4.74 Å². The first kappa shape index (κ1) is 17.1. The summed E-state index contributed by atoms with van der Waals surface area (Å²) in [5, 5.41) is 2.93. The Balaban J connectivity index is 1.69. The summed E-state index contributed by atoms with van der Waals surface area (Å²) in [7, 11) is 0. The summed E-state index contributed by atoms with van der Waals surface area (Å²) in [5.41, 5.74) is 5.24. The molecule has 1 amide bonds. The predicted octanol–water partition coefficient (Wildman–Crippen LogP) is 4.29. The third-order valence-corrected chi connectivity index (χ3v) is 4.36. The molecule has 0 aliphatic rings. The Bertz CT molecular complexity index is 885. The van der Waals surface area contributed by atoms with E-state index in [1.54, 1.807) is 18.2 Å². The van der Waals surface area contributed by atoms with Crippen molar-refractivity contribution in [3.05, 3.63) is 70.5 Å². The van der Waals surface area contributed by atoms with Crippen LogP contribution in [0.5, 0.6) is 5.75 Å². The number of aryl methyl sites for hydroxylation is 3. The quantitative estimate of drug-likeness (QED) is 0.743. The number of carbonyl (C=O) groups is 1. The molecule has 3 rings (SSSR count). The molecule has 0 aliphatic carbocycles. The Morgan fingerprint density at radius 3 is 2.52 bits per heavy atom. The minimum atomic E-state index is -0.165. The van der Waals surface area contributed by atoms with Crippen molar-refractivity contribution in [3.8, 4) is 5.75 Å². The lowest BCUT2D eigenvalue weighted by atomic mass is 10.1. The SMILES string of the molecule is Cc1cc(C)cc(NC(=O)c2cccc(OCc3nsnc3C)c2)c1. The fourth-order valence-electron chi connectivity index (χ4n) is 2.51. The summed E-state index contributed by atoms with van der Waals surface area (Å²) in [4.78, 5) is 12.5. The van der Waals surface area contributed by atoms with E-state index in [1.165, 1.54) is 11.7 Å². The summed E-state index contributed by atoms with van der Waals surface area (Å²) in [5.74, 6) is 0.461. The van der Waals surface area contributed by atoms with Crippen LogP contribution in [0.25, 0.3) is 0 Å². The minimum absolute atomic E-state index is 0.165. The van der Waals surface area contributed by atoms with Gasteiger partial charge in [0.15, 0.2) is 0 Å². The number of rotatable bonds is 5. The highest BCUT2D eigenvalue weighted by molar-refractivity contribution is 6.99. The highest BCUT2D eigenvalue weighted by Gasteiger charge is 2.09. The molecule has 0 bridgehead atoms. The molecule has 1 heterocycles. The highest BCUT2D eigenvalue weighted by atomic mass is 32.1. The molecular weight excluding hydrogens is 334 g/mol. The van der Waals surface area contributed by atoms with Crippen LogP contribution in [-0.2, 0) is 6.61 Å². The van der Waals surface area contributed by atoms with Gasteiger partial charge in [-0.25, -0.2) is 0 Å². The second kappa shape index (κ2) is 7.44. The molecule has 1 aromatic heterocycles. The van der Waals surface area contributed by atoms with Crippen LogP contribution in [0.2, 0.25) is 0 Å². The van der Waals surface area contributed by atoms with E-state index in [9.17, 15) is 4.79 Å². The van der Waals surface area contributed by atoms with Crippen molar-refractivity contribution in [2.75, 3.05) is 5.32 Å². The summed E-state index contributed by atoms with van der Waals surface area (Å²) < 4.78 is 14.0.